The number of carbonyl (C=O) groups excluding carboxylic acids is 2. The lowest BCUT2D eigenvalue weighted by Gasteiger charge is -2.08. The topological polar surface area (TPSA) is 67.4 Å². The second kappa shape index (κ2) is 7.21. The van der Waals surface area contributed by atoms with Crippen LogP contribution in [0.3, 0.4) is 0 Å². The van der Waals surface area contributed by atoms with Gasteiger partial charge < -0.3 is 4.74 Å². The molecule has 0 saturated heterocycles. The summed E-state index contributed by atoms with van der Waals surface area (Å²) in [4.78, 5) is 23.5. The molecule has 6 heteroatoms. The molecule has 2 N–H and O–H groups in total. The Balaban J connectivity index is 1.87. The van der Waals surface area contributed by atoms with Crippen molar-refractivity contribution >= 4 is 11.8 Å². The van der Waals surface area contributed by atoms with Crippen LogP contribution in [0.2, 0.25) is 0 Å². The Hall–Kier alpha value is -2.89. The normalized spacial score (nSPS) is 9.91. The Bertz CT molecular complexity index is 671. The zero-order valence-electron chi connectivity index (χ0n) is 11.9. The molecule has 0 bridgehead atoms. The highest BCUT2D eigenvalue weighted by Crippen LogP contribution is 2.11. The van der Waals surface area contributed by atoms with Crippen molar-refractivity contribution in [1.82, 2.24) is 10.9 Å². The Morgan fingerprint density at radius 3 is 2.36 bits per heavy atom. The maximum Gasteiger partial charge on any atom is 0.269 e. The van der Waals surface area contributed by atoms with Crippen molar-refractivity contribution in [1.29, 1.82) is 0 Å². The Kier molecular flexibility index (Phi) is 5.08. The molecule has 5 nitrogen and oxygen atoms in total. The summed E-state index contributed by atoms with van der Waals surface area (Å²) in [7, 11) is 1.53. The number of ether oxygens (including phenoxy) is 1. The van der Waals surface area contributed by atoms with Gasteiger partial charge in [0.05, 0.1) is 13.5 Å². The average molecular weight is 302 g/mol. The molecule has 0 aromatic heterocycles. The van der Waals surface area contributed by atoms with Crippen LogP contribution in [0, 0.1) is 5.82 Å². The number of nitrogens with one attached hydrogen (secondary N) is 2. The van der Waals surface area contributed by atoms with Crippen LogP contribution in [0.1, 0.15) is 15.9 Å². The molecule has 22 heavy (non-hydrogen) atoms. The van der Waals surface area contributed by atoms with E-state index in [0.29, 0.717) is 11.3 Å². The van der Waals surface area contributed by atoms with E-state index in [4.69, 9.17) is 4.74 Å². The summed E-state index contributed by atoms with van der Waals surface area (Å²) < 4.78 is 18.4. The highest BCUT2D eigenvalue weighted by molar-refractivity contribution is 5.95. The fourth-order valence-electron chi connectivity index (χ4n) is 1.80. The fourth-order valence-corrected chi connectivity index (χ4v) is 1.80. The van der Waals surface area contributed by atoms with Gasteiger partial charge in [-0.1, -0.05) is 18.2 Å². The predicted molar refractivity (Wildman–Crippen MR) is 78.7 cm³/mol. The molecule has 0 radical (unpaired) electrons. The van der Waals surface area contributed by atoms with Crippen molar-refractivity contribution < 1.29 is 18.7 Å². The minimum Gasteiger partial charge on any atom is -0.497 e. The number of halogens is 1. The monoisotopic (exact) mass is 302 g/mol. The van der Waals surface area contributed by atoms with Crippen molar-refractivity contribution in [2.75, 3.05) is 7.11 Å². The van der Waals surface area contributed by atoms with Gasteiger partial charge in [0.1, 0.15) is 11.6 Å². The summed E-state index contributed by atoms with van der Waals surface area (Å²) in [6.07, 6.45) is -0.157. The van der Waals surface area contributed by atoms with Crippen molar-refractivity contribution in [2.24, 2.45) is 0 Å². The molecule has 0 spiro atoms. The SMILES string of the molecule is COc1ccc(C(=O)NNC(=O)Cc2ccccc2F)cc1. The van der Waals surface area contributed by atoms with Crippen LogP contribution in [0.25, 0.3) is 0 Å². The fraction of sp³-hybridized carbons (Fsp3) is 0.125. The quantitative estimate of drug-likeness (QED) is 0.847. The van der Waals surface area contributed by atoms with Crippen LogP contribution in [0.5, 0.6) is 5.75 Å². The summed E-state index contributed by atoms with van der Waals surface area (Å²) in [5, 5.41) is 0. The molecule has 0 aliphatic heterocycles. The lowest BCUT2D eigenvalue weighted by atomic mass is 10.1. The standard InChI is InChI=1S/C16H15FN2O3/c1-22-13-8-6-11(7-9-13)16(21)19-18-15(20)10-12-4-2-3-5-14(12)17/h2-9H,10H2,1H3,(H,18,20)(H,19,21). The number of hydrogen-bond donors (Lipinski definition) is 2. The molecule has 0 heterocycles. The molecule has 2 amide bonds. The smallest absolute Gasteiger partial charge is 0.269 e. The van der Waals surface area contributed by atoms with E-state index in [9.17, 15) is 14.0 Å². The third kappa shape index (κ3) is 4.05. The third-order valence-electron chi connectivity index (χ3n) is 2.98. The second-order valence-corrected chi connectivity index (χ2v) is 4.50. The predicted octanol–water partition coefficient (Wildman–Crippen LogP) is 1.84. The van der Waals surface area contributed by atoms with Gasteiger partial charge in [0.15, 0.2) is 0 Å². The van der Waals surface area contributed by atoms with E-state index in [1.165, 1.54) is 19.2 Å². The molecular weight excluding hydrogens is 287 g/mol. The van der Waals surface area contributed by atoms with Gasteiger partial charge in [0.25, 0.3) is 5.91 Å². The number of benzene rings is 2. The Morgan fingerprint density at radius 2 is 1.73 bits per heavy atom. The summed E-state index contributed by atoms with van der Waals surface area (Å²) >= 11 is 0. The van der Waals surface area contributed by atoms with E-state index >= 15 is 0 Å². The maximum atomic E-state index is 13.4. The van der Waals surface area contributed by atoms with E-state index in [2.05, 4.69) is 10.9 Å². The van der Waals surface area contributed by atoms with Crippen LogP contribution in [-0.2, 0) is 11.2 Å². The van der Waals surface area contributed by atoms with Crippen LogP contribution in [0.15, 0.2) is 48.5 Å². The van der Waals surface area contributed by atoms with E-state index in [1.54, 1.807) is 36.4 Å². The first-order valence-electron chi connectivity index (χ1n) is 6.57. The van der Waals surface area contributed by atoms with E-state index in [1.807, 2.05) is 0 Å². The van der Waals surface area contributed by atoms with Gasteiger partial charge in [-0.25, -0.2) is 4.39 Å². The van der Waals surface area contributed by atoms with Gasteiger partial charge in [-0.05, 0) is 35.9 Å². The molecule has 2 rings (SSSR count). The zero-order valence-corrected chi connectivity index (χ0v) is 11.9. The summed E-state index contributed by atoms with van der Waals surface area (Å²) in [6, 6.07) is 12.4. The van der Waals surface area contributed by atoms with Crippen molar-refractivity contribution in [3.8, 4) is 5.75 Å². The van der Waals surface area contributed by atoms with Gasteiger partial charge in [-0.3, -0.25) is 20.4 Å². The summed E-state index contributed by atoms with van der Waals surface area (Å²) in [5.41, 5.74) is 5.15. The number of hydrogen-bond acceptors (Lipinski definition) is 3. The first-order valence-corrected chi connectivity index (χ1v) is 6.57. The summed E-state index contributed by atoms with van der Waals surface area (Å²) in [5.74, 6) is -0.809. The number of hydrazine groups is 1. The number of rotatable bonds is 4. The maximum absolute atomic E-state index is 13.4. The summed E-state index contributed by atoms with van der Waals surface area (Å²) in [6.45, 7) is 0. The lowest BCUT2D eigenvalue weighted by molar-refractivity contribution is -0.121. The zero-order chi connectivity index (χ0) is 15.9. The number of carbonyl (C=O) groups is 2. The van der Waals surface area contributed by atoms with Crippen molar-refractivity contribution in [3.05, 3.63) is 65.5 Å². The van der Waals surface area contributed by atoms with Gasteiger partial charge >= 0.3 is 0 Å². The molecule has 114 valence electrons. The highest BCUT2D eigenvalue weighted by Gasteiger charge is 2.10. The molecule has 0 aliphatic carbocycles. The molecule has 0 aliphatic rings. The average Bonchev–Trinajstić information content (AvgIpc) is 2.55. The van der Waals surface area contributed by atoms with Gasteiger partial charge in [0, 0.05) is 5.56 Å². The van der Waals surface area contributed by atoms with E-state index in [-0.39, 0.29) is 12.0 Å². The van der Waals surface area contributed by atoms with E-state index in [0.717, 1.165) is 0 Å². The second-order valence-electron chi connectivity index (χ2n) is 4.50. The molecule has 0 atom stereocenters. The first kappa shape index (κ1) is 15.5. The van der Waals surface area contributed by atoms with Crippen molar-refractivity contribution in [2.45, 2.75) is 6.42 Å². The molecule has 0 fully saturated rings. The molecule has 0 unspecified atom stereocenters. The third-order valence-corrected chi connectivity index (χ3v) is 2.98. The minimum absolute atomic E-state index is 0.157. The minimum atomic E-state index is -0.507. The van der Waals surface area contributed by atoms with Crippen LogP contribution < -0.4 is 15.6 Å². The van der Waals surface area contributed by atoms with Gasteiger partial charge in [-0.15, -0.1) is 0 Å². The molecule has 0 saturated carbocycles. The van der Waals surface area contributed by atoms with Gasteiger partial charge in [0.2, 0.25) is 5.91 Å². The van der Waals surface area contributed by atoms with Crippen LogP contribution in [-0.4, -0.2) is 18.9 Å². The first-order chi connectivity index (χ1) is 10.6. The lowest BCUT2D eigenvalue weighted by Crippen LogP contribution is -2.42. The molecular formula is C16H15FN2O3. The van der Waals surface area contributed by atoms with Gasteiger partial charge in [-0.2, -0.15) is 0 Å². The molecule has 2 aromatic carbocycles. The Labute approximate surface area is 127 Å². The number of amides is 2. The number of methoxy groups -OCH3 is 1. The Morgan fingerprint density at radius 1 is 1.05 bits per heavy atom. The van der Waals surface area contributed by atoms with Crippen LogP contribution in [0.4, 0.5) is 4.39 Å². The van der Waals surface area contributed by atoms with Crippen LogP contribution >= 0.6 is 0 Å². The highest BCUT2D eigenvalue weighted by atomic mass is 19.1. The van der Waals surface area contributed by atoms with E-state index < -0.39 is 17.6 Å². The molecule has 2 aromatic rings. The largest absolute Gasteiger partial charge is 0.497 e. The van der Waals surface area contributed by atoms with Crippen molar-refractivity contribution in [3.63, 3.8) is 0 Å².